The van der Waals surface area contributed by atoms with Gasteiger partial charge in [-0.2, -0.15) is 5.17 Å². The molecule has 8 heteroatoms. The smallest absolute Gasteiger partial charge is 0.259 e. The van der Waals surface area contributed by atoms with E-state index < -0.39 is 0 Å². The van der Waals surface area contributed by atoms with Crippen molar-refractivity contribution in [3.05, 3.63) is 11.1 Å². The molecule has 1 rings (SSSR count). The highest BCUT2D eigenvalue weighted by molar-refractivity contribution is 8.00. The van der Waals surface area contributed by atoms with Gasteiger partial charge in [-0.15, -0.1) is 0 Å². The first-order chi connectivity index (χ1) is 6.70. The Morgan fingerprint density at radius 1 is 1.93 bits per heavy atom. The zero-order chi connectivity index (χ0) is 10.6. The van der Waals surface area contributed by atoms with Gasteiger partial charge in [-0.1, -0.05) is 9.68 Å². The van der Waals surface area contributed by atoms with Crippen LogP contribution in [0, 0.1) is 0 Å². The second-order valence-electron chi connectivity index (χ2n) is 2.16. The Morgan fingerprint density at radius 3 is 3.07 bits per heavy atom. The van der Waals surface area contributed by atoms with E-state index >= 15 is 0 Å². The molecule has 1 aliphatic rings. The summed E-state index contributed by atoms with van der Waals surface area (Å²) >= 11 is 1.00. The maximum Gasteiger partial charge on any atom is 0.259 e. The molecule has 0 atom stereocenters. The van der Waals surface area contributed by atoms with E-state index in [1.165, 1.54) is 11.7 Å². The average molecular weight is 217 g/mol. The SMILES string of the molecule is CCO/N=C(\[C]=O)C1=CSN(N)N1O. The van der Waals surface area contributed by atoms with E-state index in [-0.39, 0.29) is 11.4 Å². The highest BCUT2D eigenvalue weighted by atomic mass is 32.2. The van der Waals surface area contributed by atoms with Crippen LogP contribution in [0.25, 0.3) is 0 Å². The van der Waals surface area contributed by atoms with Crippen molar-refractivity contribution in [1.29, 1.82) is 0 Å². The second-order valence-corrected chi connectivity index (χ2v) is 2.98. The molecule has 1 aliphatic heterocycles. The lowest BCUT2D eigenvalue weighted by Gasteiger charge is -2.18. The summed E-state index contributed by atoms with van der Waals surface area (Å²) < 4.78 is 0.925. The molecule has 0 aliphatic carbocycles. The van der Waals surface area contributed by atoms with Gasteiger partial charge < -0.3 is 4.84 Å². The van der Waals surface area contributed by atoms with Crippen LogP contribution in [-0.2, 0) is 9.63 Å². The molecule has 0 aromatic carbocycles. The lowest BCUT2D eigenvalue weighted by Crippen LogP contribution is -2.37. The van der Waals surface area contributed by atoms with Crippen molar-refractivity contribution in [2.45, 2.75) is 6.92 Å². The summed E-state index contributed by atoms with van der Waals surface area (Å²) in [5.41, 5.74) is -0.0178. The number of hydrogen-bond acceptors (Lipinski definition) is 8. The Morgan fingerprint density at radius 2 is 2.64 bits per heavy atom. The van der Waals surface area contributed by atoms with E-state index in [9.17, 15) is 10.0 Å². The highest BCUT2D eigenvalue weighted by Gasteiger charge is 2.25. The minimum Gasteiger partial charge on any atom is -0.395 e. The first-order valence-corrected chi connectivity index (χ1v) is 4.53. The van der Waals surface area contributed by atoms with Crippen molar-refractivity contribution in [3.8, 4) is 0 Å². The minimum absolute atomic E-state index is 0.126. The van der Waals surface area contributed by atoms with Gasteiger partial charge in [0.15, 0.2) is 5.71 Å². The van der Waals surface area contributed by atoms with Gasteiger partial charge in [-0.05, 0) is 18.9 Å². The van der Waals surface area contributed by atoms with Crippen LogP contribution in [0.4, 0.5) is 0 Å². The Balaban J connectivity index is 2.76. The lowest BCUT2D eigenvalue weighted by molar-refractivity contribution is -0.158. The zero-order valence-corrected chi connectivity index (χ0v) is 8.19. The topological polar surface area (TPSA) is 91.4 Å². The second kappa shape index (κ2) is 4.96. The van der Waals surface area contributed by atoms with Crippen LogP contribution in [0.2, 0.25) is 0 Å². The zero-order valence-electron chi connectivity index (χ0n) is 7.38. The van der Waals surface area contributed by atoms with E-state index in [0.717, 1.165) is 16.5 Å². The highest BCUT2D eigenvalue weighted by Crippen LogP contribution is 2.24. The van der Waals surface area contributed by atoms with Gasteiger partial charge in [0.25, 0.3) is 6.29 Å². The molecule has 0 saturated heterocycles. The maximum absolute atomic E-state index is 10.5. The first kappa shape index (κ1) is 11.0. The summed E-state index contributed by atoms with van der Waals surface area (Å²) in [6, 6.07) is 0. The summed E-state index contributed by atoms with van der Waals surface area (Å²) in [4.78, 5) is 15.1. The van der Waals surface area contributed by atoms with E-state index in [4.69, 9.17) is 5.84 Å². The molecule has 1 radical (unpaired) electrons. The predicted molar refractivity (Wildman–Crippen MR) is 50.1 cm³/mol. The molecule has 0 spiro atoms. The molecule has 14 heavy (non-hydrogen) atoms. The molecule has 1 heterocycles. The van der Waals surface area contributed by atoms with Gasteiger partial charge in [-0.25, -0.2) is 5.84 Å². The molecule has 7 nitrogen and oxygen atoms in total. The normalized spacial score (nSPS) is 18.4. The third-order valence-electron chi connectivity index (χ3n) is 1.30. The monoisotopic (exact) mass is 217 g/mol. The van der Waals surface area contributed by atoms with Crippen molar-refractivity contribution in [2.75, 3.05) is 6.61 Å². The standard InChI is InChI=1S/C6H9N4O3S/c1-2-13-8-5(3-11)6-4-14-10(7)9(6)12/h4,12H,2,7H2,1H3/b8-5+. The summed E-state index contributed by atoms with van der Waals surface area (Å²) in [6.07, 6.45) is 1.54. The van der Waals surface area contributed by atoms with Crippen molar-refractivity contribution in [1.82, 2.24) is 9.70 Å². The van der Waals surface area contributed by atoms with Gasteiger partial charge >= 0.3 is 0 Å². The number of hydrogen-bond donors (Lipinski definition) is 2. The fourth-order valence-electron chi connectivity index (χ4n) is 0.699. The number of hydroxylamine groups is 1. The van der Waals surface area contributed by atoms with Gasteiger partial charge in [-0.3, -0.25) is 10.0 Å². The number of hydrazine groups is 2. The molecule has 0 aromatic rings. The number of nitrogens with zero attached hydrogens (tertiary/aromatic N) is 3. The van der Waals surface area contributed by atoms with Gasteiger partial charge in [0.1, 0.15) is 12.3 Å². The van der Waals surface area contributed by atoms with Crippen LogP contribution in [0.3, 0.4) is 0 Å². The summed E-state index contributed by atoms with van der Waals surface area (Å²) in [5.74, 6) is 5.28. The number of allylic oxidation sites excluding steroid dienone is 1. The van der Waals surface area contributed by atoms with Gasteiger partial charge in [0.05, 0.1) is 0 Å². The average Bonchev–Trinajstić information content (AvgIpc) is 2.51. The molecule has 77 valence electrons. The molecule has 0 fully saturated rings. The summed E-state index contributed by atoms with van der Waals surface area (Å²) in [6.45, 7) is 2.04. The third kappa shape index (κ3) is 2.23. The number of carbonyl (C=O) groups excluding carboxylic acids is 1. The fraction of sp³-hybridized carbons (Fsp3) is 0.333. The molecular formula is C6H9N4O3S. The Hall–Kier alpha value is -1.09. The summed E-state index contributed by atoms with van der Waals surface area (Å²) in [7, 11) is 0. The number of nitrogens with two attached hydrogens (primary N) is 1. The molecule has 0 bridgehead atoms. The number of oxime groups is 1. The Labute approximate surface area is 84.8 Å². The van der Waals surface area contributed by atoms with Gasteiger partial charge in [0, 0.05) is 5.41 Å². The van der Waals surface area contributed by atoms with Crippen molar-refractivity contribution >= 4 is 23.9 Å². The Bertz CT molecular complexity index is 280. The molecule has 0 saturated carbocycles. The van der Waals surface area contributed by atoms with E-state index in [1.807, 2.05) is 0 Å². The molecular weight excluding hydrogens is 208 g/mol. The quantitative estimate of drug-likeness (QED) is 0.291. The molecule has 3 N–H and O–H groups in total. The van der Waals surface area contributed by atoms with Crippen LogP contribution in [0.5, 0.6) is 0 Å². The van der Waals surface area contributed by atoms with E-state index in [1.54, 1.807) is 6.92 Å². The minimum atomic E-state index is -0.144. The first-order valence-electron chi connectivity index (χ1n) is 3.69. The van der Waals surface area contributed by atoms with Crippen LogP contribution in [0.15, 0.2) is 16.3 Å². The van der Waals surface area contributed by atoms with Crippen molar-refractivity contribution in [2.24, 2.45) is 11.0 Å². The van der Waals surface area contributed by atoms with Crippen LogP contribution < -0.4 is 5.84 Å². The third-order valence-corrected chi connectivity index (χ3v) is 2.00. The van der Waals surface area contributed by atoms with Crippen LogP contribution in [-0.4, -0.2) is 33.5 Å². The van der Waals surface area contributed by atoms with Crippen LogP contribution in [0.1, 0.15) is 6.92 Å². The van der Waals surface area contributed by atoms with E-state index in [2.05, 4.69) is 9.99 Å². The van der Waals surface area contributed by atoms with Crippen molar-refractivity contribution in [3.63, 3.8) is 0 Å². The maximum atomic E-state index is 10.5. The molecule has 0 unspecified atom stereocenters. The predicted octanol–water partition coefficient (Wildman–Crippen LogP) is -0.226. The van der Waals surface area contributed by atoms with Gasteiger partial charge in [0.2, 0.25) is 0 Å². The fourth-order valence-corrected chi connectivity index (χ4v) is 1.29. The van der Waals surface area contributed by atoms with Crippen molar-refractivity contribution < 1.29 is 14.8 Å². The summed E-state index contributed by atoms with van der Waals surface area (Å²) in [5, 5.41) is 14.8. The molecule has 0 aromatic heterocycles. The largest absolute Gasteiger partial charge is 0.395 e. The van der Waals surface area contributed by atoms with E-state index in [0.29, 0.717) is 11.8 Å². The Kier molecular flexibility index (Phi) is 3.89. The molecule has 0 amide bonds. The number of rotatable bonds is 4. The lowest BCUT2D eigenvalue weighted by atomic mass is 10.3. The van der Waals surface area contributed by atoms with Crippen LogP contribution >= 0.6 is 11.9 Å².